The van der Waals surface area contributed by atoms with Crippen LogP contribution >= 0.6 is 11.3 Å². The monoisotopic (exact) mass is 445 g/mol. The molecule has 5 rings (SSSR count). The van der Waals surface area contributed by atoms with E-state index >= 15 is 0 Å². The number of carbonyl (C=O) groups is 2. The molecule has 0 saturated carbocycles. The second-order valence-electron chi connectivity index (χ2n) is 7.97. The maximum Gasteiger partial charge on any atom is 0.265 e. The molecule has 1 aromatic carbocycles. The van der Waals surface area contributed by atoms with Crippen molar-refractivity contribution in [2.75, 3.05) is 26.3 Å². The van der Waals surface area contributed by atoms with Crippen LogP contribution in [0.5, 0.6) is 0 Å². The molecule has 0 radical (unpaired) electrons. The first-order chi connectivity index (χ1) is 15.7. The molecule has 2 aliphatic rings. The lowest BCUT2D eigenvalue weighted by atomic mass is 10.0. The van der Waals surface area contributed by atoms with Gasteiger partial charge in [0.25, 0.3) is 5.91 Å². The van der Waals surface area contributed by atoms with E-state index in [4.69, 9.17) is 4.74 Å². The number of allylic oxidation sites excluding steroid dienone is 1. The summed E-state index contributed by atoms with van der Waals surface area (Å²) < 4.78 is 5.57. The van der Waals surface area contributed by atoms with Gasteiger partial charge in [0.2, 0.25) is 0 Å². The molecular weight excluding hydrogens is 422 g/mol. The van der Waals surface area contributed by atoms with Crippen molar-refractivity contribution in [3.63, 3.8) is 0 Å². The standard InChI is InChI=1S/C25H23N3O3S/c29-22(20-10-12-26-13-11-20)8-6-21-7-9-23(32-21)24(30)28-15-14-27(25(28)17-31-18-25)16-19-4-2-1-3-5-19/h1-13H,14-18H2/b8-6+. The number of aromatic nitrogens is 1. The van der Waals surface area contributed by atoms with Crippen LogP contribution in [-0.2, 0) is 11.3 Å². The molecule has 32 heavy (non-hydrogen) atoms. The van der Waals surface area contributed by atoms with Crippen molar-refractivity contribution >= 4 is 29.1 Å². The van der Waals surface area contributed by atoms with E-state index in [1.807, 2.05) is 35.2 Å². The van der Waals surface area contributed by atoms with Gasteiger partial charge in [-0.3, -0.25) is 19.5 Å². The van der Waals surface area contributed by atoms with E-state index in [2.05, 4.69) is 22.0 Å². The number of rotatable bonds is 6. The zero-order chi connectivity index (χ0) is 22.0. The van der Waals surface area contributed by atoms with Gasteiger partial charge < -0.3 is 9.64 Å². The summed E-state index contributed by atoms with van der Waals surface area (Å²) in [7, 11) is 0. The lowest BCUT2D eigenvalue weighted by Crippen LogP contribution is -2.67. The number of amides is 1. The molecule has 2 saturated heterocycles. The van der Waals surface area contributed by atoms with Crippen LogP contribution in [0.15, 0.2) is 73.1 Å². The Hall–Kier alpha value is -3.13. The molecule has 7 heteroatoms. The van der Waals surface area contributed by atoms with Crippen molar-refractivity contribution in [1.29, 1.82) is 0 Å². The van der Waals surface area contributed by atoms with Gasteiger partial charge >= 0.3 is 0 Å². The molecule has 2 aliphatic heterocycles. The Kier molecular flexibility index (Phi) is 5.70. The number of hydrogen-bond donors (Lipinski definition) is 0. The summed E-state index contributed by atoms with van der Waals surface area (Å²) in [6.07, 6.45) is 6.49. The van der Waals surface area contributed by atoms with Crippen molar-refractivity contribution < 1.29 is 14.3 Å². The minimum atomic E-state index is -0.371. The number of ketones is 1. The normalized spacial score (nSPS) is 17.7. The molecule has 0 bridgehead atoms. The van der Waals surface area contributed by atoms with Gasteiger partial charge in [0.15, 0.2) is 5.78 Å². The number of ether oxygens (including phenoxy) is 1. The van der Waals surface area contributed by atoms with Crippen LogP contribution in [0, 0.1) is 0 Å². The molecule has 0 unspecified atom stereocenters. The Morgan fingerprint density at radius 3 is 2.53 bits per heavy atom. The third-order valence-electron chi connectivity index (χ3n) is 6.01. The fraction of sp³-hybridized carbons (Fsp3) is 0.240. The van der Waals surface area contributed by atoms with Crippen LogP contribution in [0.25, 0.3) is 6.08 Å². The molecule has 3 aromatic rings. The van der Waals surface area contributed by atoms with Gasteiger partial charge in [-0.15, -0.1) is 11.3 Å². The zero-order valence-electron chi connectivity index (χ0n) is 17.5. The van der Waals surface area contributed by atoms with Crippen LogP contribution in [0.2, 0.25) is 0 Å². The van der Waals surface area contributed by atoms with Crippen LogP contribution in [-0.4, -0.2) is 58.4 Å². The lowest BCUT2D eigenvalue weighted by Gasteiger charge is -2.49. The Morgan fingerprint density at radius 1 is 1.03 bits per heavy atom. The molecule has 4 heterocycles. The third-order valence-corrected chi connectivity index (χ3v) is 7.05. The van der Waals surface area contributed by atoms with E-state index < -0.39 is 0 Å². The molecule has 1 amide bonds. The summed E-state index contributed by atoms with van der Waals surface area (Å²) in [5.74, 6) is -0.0654. The summed E-state index contributed by atoms with van der Waals surface area (Å²) in [4.78, 5) is 35.5. The number of carbonyl (C=O) groups excluding carboxylic acids is 2. The lowest BCUT2D eigenvalue weighted by molar-refractivity contribution is -0.176. The average Bonchev–Trinajstić information content (AvgIpc) is 3.43. The van der Waals surface area contributed by atoms with E-state index in [-0.39, 0.29) is 17.4 Å². The summed E-state index contributed by atoms with van der Waals surface area (Å²) in [6, 6.07) is 17.4. The minimum absolute atomic E-state index is 0.0222. The Bertz CT molecular complexity index is 1140. The van der Waals surface area contributed by atoms with E-state index in [9.17, 15) is 9.59 Å². The Morgan fingerprint density at radius 2 is 1.81 bits per heavy atom. The van der Waals surface area contributed by atoms with Crippen molar-refractivity contribution in [2.24, 2.45) is 0 Å². The molecule has 2 aromatic heterocycles. The summed E-state index contributed by atoms with van der Waals surface area (Å²) in [5, 5.41) is 0. The summed E-state index contributed by atoms with van der Waals surface area (Å²) in [6.45, 7) is 3.36. The number of pyridine rings is 1. The van der Waals surface area contributed by atoms with E-state index in [1.54, 1.807) is 30.6 Å². The predicted molar refractivity (Wildman–Crippen MR) is 123 cm³/mol. The molecule has 2 fully saturated rings. The quantitative estimate of drug-likeness (QED) is 0.427. The third kappa shape index (κ3) is 3.90. The highest BCUT2D eigenvalue weighted by atomic mass is 32.1. The number of thiophene rings is 1. The average molecular weight is 446 g/mol. The van der Waals surface area contributed by atoms with Crippen LogP contribution in [0.3, 0.4) is 0 Å². The predicted octanol–water partition coefficient (Wildman–Crippen LogP) is 3.72. The van der Waals surface area contributed by atoms with Crippen molar-refractivity contribution in [3.8, 4) is 0 Å². The maximum atomic E-state index is 13.4. The van der Waals surface area contributed by atoms with Crippen LogP contribution in [0.4, 0.5) is 0 Å². The van der Waals surface area contributed by atoms with Crippen LogP contribution < -0.4 is 0 Å². The van der Waals surface area contributed by atoms with E-state index in [0.29, 0.717) is 30.2 Å². The molecule has 0 atom stereocenters. The first-order valence-corrected chi connectivity index (χ1v) is 11.4. The molecule has 162 valence electrons. The molecular formula is C25H23N3O3S. The highest BCUT2D eigenvalue weighted by molar-refractivity contribution is 7.14. The van der Waals surface area contributed by atoms with Gasteiger partial charge in [-0.05, 0) is 42.0 Å². The minimum Gasteiger partial charge on any atom is -0.374 e. The zero-order valence-corrected chi connectivity index (χ0v) is 18.3. The highest BCUT2D eigenvalue weighted by Gasteiger charge is 2.54. The smallest absolute Gasteiger partial charge is 0.265 e. The molecule has 0 aliphatic carbocycles. The SMILES string of the molecule is O=C(/C=C/c1ccc(C(=O)N2CCN(Cc3ccccc3)C23COC3)s1)c1ccncc1. The summed E-state index contributed by atoms with van der Waals surface area (Å²) in [5.41, 5.74) is 1.45. The highest BCUT2D eigenvalue weighted by Crippen LogP contribution is 2.37. The van der Waals surface area contributed by atoms with Crippen molar-refractivity contribution in [3.05, 3.63) is 93.9 Å². The Balaban J connectivity index is 1.29. The topological polar surface area (TPSA) is 62.7 Å². The number of hydrogen-bond acceptors (Lipinski definition) is 6. The maximum absolute atomic E-state index is 13.4. The Labute approximate surface area is 190 Å². The van der Waals surface area contributed by atoms with Crippen molar-refractivity contribution in [1.82, 2.24) is 14.8 Å². The van der Waals surface area contributed by atoms with E-state index in [0.717, 1.165) is 18.0 Å². The molecule has 6 nitrogen and oxygen atoms in total. The largest absolute Gasteiger partial charge is 0.374 e. The van der Waals surface area contributed by atoms with Gasteiger partial charge in [-0.2, -0.15) is 0 Å². The number of benzene rings is 1. The van der Waals surface area contributed by atoms with Gasteiger partial charge in [0, 0.05) is 42.5 Å². The van der Waals surface area contributed by atoms with Gasteiger partial charge in [-0.1, -0.05) is 30.3 Å². The van der Waals surface area contributed by atoms with Gasteiger partial charge in [0.05, 0.1) is 18.1 Å². The van der Waals surface area contributed by atoms with Crippen molar-refractivity contribution in [2.45, 2.75) is 12.2 Å². The van der Waals surface area contributed by atoms with Gasteiger partial charge in [-0.25, -0.2) is 0 Å². The first kappa shape index (κ1) is 20.8. The first-order valence-electron chi connectivity index (χ1n) is 10.6. The fourth-order valence-corrected chi connectivity index (χ4v) is 5.07. The molecule has 0 N–H and O–H groups in total. The number of nitrogens with zero attached hydrogens (tertiary/aromatic N) is 3. The van der Waals surface area contributed by atoms with Gasteiger partial charge in [0.1, 0.15) is 5.66 Å². The second kappa shape index (κ2) is 8.78. The van der Waals surface area contributed by atoms with E-state index in [1.165, 1.54) is 23.0 Å². The summed E-state index contributed by atoms with van der Waals surface area (Å²) >= 11 is 1.40. The van der Waals surface area contributed by atoms with Crippen LogP contribution in [0.1, 0.15) is 30.5 Å². The fourth-order valence-electron chi connectivity index (χ4n) is 4.21. The second-order valence-corrected chi connectivity index (χ2v) is 9.09. The molecule has 1 spiro atoms.